The summed E-state index contributed by atoms with van der Waals surface area (Å²) in [5, 5.41) is 13.3. The second-order valence-corrected chi connectivity index (χ2v) is 4.66. The Balaban J connectivity index is 2.08. The summed E-state index contributed by atoms with van der Waals surface area (Å²) < 4.78 is 10.5. The van der Waals surface area contributed by atoms with Crippen molar-refractivity contribution in [1.29, 1.82) is 0 Å². The Bertz CT molecular complexity index is 358. The molecule has 0 amide bonds. The first-order chi connectivity index (χ1) is 8.15. The molecule has 0 saturated carbocycles. The van der Waals surface area contributed by atoms with Gasteiger partial charge in [0.25, 0.3) is 0 Å². The number of hydrogen-bond acceptors (Lipinski definition) is 5. The van der Waals surface area contributed by atoms with Crippen molar-refractivity contribution in [2.75, 3.05) is 20.3 Å². The number of likely N-dealkylation sites (tertiary alicyclic amines) is 1. The summed E-state index contributed by atoms with van der Waals surface area (Å²) in [5.74, 6) is 0.861. The third-order valence-corrected chi connectivity index (χ3v) is 3.58. The fraction of sp³-hybridized carbons (Fsp3) is 0.750. The Morgan fingerprint density at radius 3 is 2.82 bits per heavy atom. The van der Waals surface area contributed by atoms with Crippen molar-refractivity contribution in [1.82, 2.24) is 10.1 Å². The van der Waals surface area contributed by atoms with Gasteiger partial charge >= 0.3 is 0 Å². The number of methoxy groups -OCH3 is 1. The Morgan fingerprint density at radius 2 is 2.29 bits per heavy atom. The van der Waals surface area contributed by atoms with Gasteiger partial charge in [-0.2, -0.15) is 0 Å². The van der Waals surface area contributed by atoms with Gasteiger partial charge in [0.1, 0.15) is 5.76 Å². The van der Waals surface area contributed by atoms with Crippen LogP contribution in [0.2, 0.25) is 0 Å². The van der Waals surface area contributed by atoms with Crippen molar-refractivity contribution in [3.63, 3.8) is 0 Å². The molecule has 2 atom stereocenters. The largest absolute Gasteiger partial charge is 0.395 e. The third kappa shape index (κ3) is 2.51. The lowest BCUT2D eigenvalue weighted by atomic mass is 10.1. The van der Waals surface area contributed by atoms with Crippen molar-refractivity contribution in [2.24, 2.45) is 0 Å². The second kappa shape index (κ2) is 5.16. The summed E-state index contributed by atoms with van der Waals surface area (Å²) >= 11 is 0. The molecular weight excluding hydrogens is 220 g/mol. The van der Waals surface area contributed by atoms with Crippen molar-refractivity contribution < 1.29 is 14.4 Å². The highest BCUT2D eigenvalue weighted by molar-refractivity contribution is 5.21. The zero-order valence-corrected chi connectivity index (χ0v) is 10.6. The van der Waals surface area contributed by atoms with Crippen LogP contribution in [0.4, 0.5) is 0 Å². The number of rotatable bonds is 4. The van der Waals surface area contributed by atoms with Gasteiger partial charge in [0.15, 0.2) is 0 Å². The highest BCUT2D eigenvalue weighted by Gasteiger charge is 2.32. The lowest BCUT2D eigenvalue weighted by Crippen LogP contribution is -2.32. The van der Waals surface area contributed by atoms with Gasteiger partial charge in [-0.05, 0) is 20.3 Å². The maximum atomic E-state index is 9.38. The van der Waals surface area contributed by atoms with E-state index >= 15 is 0 Å². The average Bonchev–Trinajstić information content (AvgIpc) is 2.87. The highest BCUT2D eigenvalue weighted by atomic mass is 16.5. The quantitative estimate of drug-likeness (QED) is 0.846. The van der Waals surface area contributed by atoms with Crippen LogP contribution in [0.1, 0.15) is 23.4 Å². The summed E-state index contributed by atoms with van der Waals surface area (Å²) in [6.45, 7) is 5.66. The molecule has 0 spiro atoms. The molecule has 1 fully saturated rings. The van der Waals surface area contributed by atoms with Gasteiger partial charge in [0.2, 0.25) is 0 Å². The molecular formula is C12H20N2O3. The summed E-state index contributed by atoms with van der Waals surface area (Å²) in [4.78, 5) is 2.24. The van der Waals surface area contributed by atoms with E-state index in [0.717, 1.165) is 36.5 Å². The molecule has 1 aromatic heterocycles. The number of aryl methyl sites for hydroxylation is 2. The van der Waals surface area contributed by atoms with Gasteiger partial charge in [0.05, 0.1) is 18.4 Å². The van der Waals surface area contributed by atoms with Crippen molar-refractivity contribution in [3.05, 3.63) is 17.0 Å². The van der Waals surface area contributed by atoms with Crippen molar-refractivity contribution in [3.8, 4) is 0 Å². The number of nitrogens with zero attached hydrogens (tertiary/aromatic N) is 2. The summed E-state index contributed by atoms with van der Waals surface area (Å²) in [7, 11) is 1.72. The average molecular weight is 240 g/mol. The van der Waals surface area contributed by atoms with Gasteiger partial charge in [0, 0.05) is 31.8 Å². The van der Waals surface area contributed by atoms with E-state index in [1.165, 1.54) is 0 Å². The van der Waals surface area contributed by atoms with E-state index < -0.39 is 0 Å². The first-order valence-corrected chi connectivity index (χ1v) is 5.95. The van der Waals surface area contributed by atoms with Crippen LogP contribution in [-0.2, 0) is 11.3 Å². The highest BCUT2D eigenvalue weighted by Crippen LogP contribution is 2.24. The van der Waals surface area contributed by atoms with Gasteiger partial charge in [-0.25, -0.2) is 0 Å². The monoisotopic (exact) mass is 240 g/mol. The molecule has 0 bridgehead atoms. The minimum Gasteiger partial charge on any atom is -0.395 e. The molecule has 0 radical (unpaired) electrons. The molecule has 0 unspecified atom stereocenters. The zero-order chi connectivity index (χ0) is 12.4. The van der Waals surface area contributed by atoms with Crippen molar-refractivity contribution in [2.45, 2.75) is 39.0 Å². The summed E-state index contributed by atoms with van der Waals surface area (Å²) in [5.41, 5.74) is 2.06. The van der Waals surface area contributed by atoms with E-state index in [-0.39, 0.29) is 18.8 Å². The van der Waals surface area contributed by atoms with Crippen LogP contribution in [0.15, 0.2) is 4.52 Å². The normalized spacial score (nSPS) is 25.6. The summed E-state index contributed by atoms with van der Waals surface area (Å²) in [6.07, 6.45) is 1.10. The van der Waals surface area contributed by atoms with Crippen LogP contribution in [0.3, 0.4) is 0 Å². The lowest BCUT2D eigenvalue weighted by molar-refractivity contribution is 0.107. The molecule has 17 heavy (non-hydrogen) atoms. The smallest absolute Gasteiger partial charge is 0.138 e. The standard InChI is InChI=1S/C12H20N2O3/c1-8-12(9(2)17-13-8)6-14-5-11(16-3)4-10(14)7-15/h10-11,15H,4-7H2,1-3H3/t10-,11+/m0/s1. The maximum Gasteiger partial charge on any atom is 0.138 e. The summed E-state index contributed by atoms with van der Waals surface area (Å²) in [6, 6.07) is 0.175. The first kappa shape index (κ1) is 12.5. The molecule has 2 rings (SSSR count). The fourth-order valence-electron chi connectivity index (χ4n) is 2.42. The molecule has 96 valence electrons. The maximum absolute atomic E-state index is 9.38. The number of hydrogen-bond donors (Lipinski definition) is 1. The number of aliphatic hydroxyl groups is 1. The Kier molecular flexibility index (Phi) is 3.81. The van der Waals surface area contributed by atoms with E-state index in [2.05, 4.69) is 10.1 Å². The molecule has 5 heteroatoms. The van der Waals surface area contributed by atoms with Crippen molar-refractivity contribution >= 4 is 0 Å². The van der Waals surface area contributed by atoms with Gasteiger partial charge < -0.3 is 14.4 Å². The third-order valence-electron chi connectivity index (χ3n) is 3.58. The Morgan fingerprint density at radius 1 is 1.53 bits per heavy atom. The SMILES string of the molecule is CO[C@@H]1C[C@@H](CO)N(Cc2c(C)noc2C)C1. The molecule has 1 aliphatic rings. The van der Waals surface area contributed by atoms with E-state index in [9.17, 15) is 5.11 Å². The van der Waals surface area contributed by atoms with Gasteiger partial charge in [-0.15, -0.1) is 0 Å². The zero-order valence-electron chi connectivity index (χ0n) is 10.6. The van der Waals surface area contributed by atoms with Crippen LogP contribution >= 0.6 is 0 Å². The van der Waals surface area contributed by atoms with Crippen LogP contribution in [-0.4, -0.2) is 47.6 Å². The predicted octanol–water partition coefficient (Wildman–Crippen LogP) is 0.873. The van der Waals surface area contributed by atoms with Crippen LogP contribution in [0.5, 0.6) is 0 Å². The molecule has 1 N–H and O–H groups in total. The van der Waals surface area contributed by atoms with Crippen LogP contribution in [0.25, 0.3) is 0 Å². The Labute approximate surface area is 101 Å². The molecule has 2 heterocycles. The van der Waals surface area contributed by atoms with Gasteiger partial charge in [-0.1, -0.05) is 5.16 Å². The van der Waals surface area contributed by atoms with E-state index in [4.69, 9.17) is 9.26 Å². The van der Waals surface area contributed by atoms with E-state index in [1.807, 2.05) is 13.8 Å². The fourth-order valence-corrected chi connectivity index (χ4v) is 2.42. The number of aromatic nitrogens is 1. The van der Waals surface area contributed by atoms with E-state index in [1.54, 1.807) is 7.11 Å². The van der Waals surface area contributed by atoms with Crippen LogP contribution in [0, 0.1) is 13.8 Å². The molecule has 0 aromatic carbocycles. The molecule has 1 saturated heterocycles. The lowest BCUT2D eigenvalue weighted by Gasteiger charge is -2.21. The first-order valence-electron chi connectivity index (χ1n) is 5.95. The number of aliphatic hydroxyl groups excluding tert-OH is 1. The minimum absolute atomic E-state index is 0.170. The second-order valence-electron chi connectivity index (χ2n) is 4.66. The predicted molar refractivity (Wildman–Crippen MR) is 62.7 cm³/mol. The number of ether oxygens (including phenoxy) is 1. The molecule has 5 nitrogen and oxygen atoms in total. The molecule has 1 aliphatic heterocycles. The Hall–Kier alpha value is -0.910. The minimum atomic E-state index is 0.170. The van der Waals surface area contributed by atoms with E-state index in [0.29, 0.717) is 0 Å². The molecule has 1 aromatic rings. The molecule has 0 aliphatic carbocycles. The topological polar surface area (TPSA) is 58.7 Å². The van der Waals surface area contributed by atoms with Crippen LogP contribution < -0.4 is 0 Å². The van der Waals surface area contributed by atoms with Gasteiger partial charge in [-0.3, -0.25) is 4.90 Å².